The van der Waals surface area contributed by atoms with Crippen molar-refractivity contribution in [1.82, 2.24) is 5.32 Å². The van der Waals surface area contributed by atoms with Crippen molar-refractivity contribution in [2.45, 2.75) is 27.3 Å². The summed E-state index contributed by atoms with van der Waals surface area (Å²) in [5.74, 6) is 3.24. The Morgan fingerprint density at radius 3 is 2.82 bits per heavy atom. The Morgan fingerprint density at radius 1 is 1.29 bits per heavy atom. The SMILES string of the molecule is CCNCc1cc(C)ccc1OCCSCC. The molecular formula is C14H23NOS. The second-order valence-corrected chi connectivity index (χ2v) is 5.33. The van der Waals surface area contributed by atoms with E-state index in [0.717, 1.165) is 37.0 Å². The summed E-state index contributed by atoms with van der Waals surface area (Å²) in [6.07, 6.45) is 0. The van der Waals surface area contributed by atoms with E-state index >= 15 is 0 Å². The normalized spacial score (nSPS) is 10.5. The molecule has 0 radical (unpaired) electrons. The van der Waals surface area contributed by atoms with Crippen LogP contribution in [-0.4, -0.2) is 24.7 Å². The smallest absolute Gasteiger partial charge is 0.123 e. The van der Waals surface area contributed by atoms with Crippen LogP contribution in [0, 0.1) is 6.92 Å². The van der Waals surface area contributed by atoms with Crippen molar-refractivity contribution in [3.8, 4) is 5.75 Å². The van der Waals surface area contributed by atoms with Gasteiger partial charge in [-0.15, -0.1) is 0 Å². The van der Waals surface area contributed by atoms with Crippen molar-refractivity contribution in [2.24, 2.45) is 0 Å². The van der Waals surface area contributed by atoms with E-state index in [-0.39, 0.29) is 0 Å². The summed E-state index contributed by atoms with van der Waals surface area (Å²) in [6.45, 7) is 9.07. The fourth-order valence-electron chi connectivity index (χ4n) is 1.60. The van der Waals surface area contributed by atoms with Crippen LogP contribution in [0.4, 0.5) is 0 Å². The van der Waals surface area contributed by atoms with E-state index in [0.29, 0.717) is 0 Å². The topological polar surface area (TPSA) is 21.3 Å². The largest absolute Gasteiger partial charge is 0.492 e. The number of hydrogen-bond acceptors (Lipinski definition) is 3. The second-order valence-electron chi connectivity index (χ2n) is 3.94. The van der Waals surface area contributed by atoms with Crippen LogP contribution in [0.5, 0.6) is 5.75 Å². The number of thioether (sulfide) groups is 1. The molecule has 0 aromatic heterocycles. The van der Waals surface area contributed by atoms with E-state index in [2.05, 4.69) is 44.3 Å². The van der Waals surface area contributed by atoms with Crippen LogP contribution in [0.15, 0.2) is 18.2 Å². The van der Waals surface area contributed by atoms with Gasteiger partial charge in [0.2, 0.25) is 0 Å². The van der Waals surface area contributed by atoms with Gasteiger partial charge >= 0.3 is 0 Å². The van der Waals surface area contributed by atoms with Crippen LogP contribution >= 0.6 is 11.8 Å². The molecule has 0 saturated heterocycles. The minimum Gasteiger partial charge on any atom is -0.492 e. The predicted molar refractivity (Wildman–Crippen MR) is 77.1 cm³/mol. The highest BCUT2D eigenvalue weighted by atomic mass is 32.2. The lowest BCUT2D eigenvalue weighted by Crippen LogP contribution is -2.13. The first-order valence-electron chi connectivity index (χ1n) is 6.28. The van der Waals surface area contributed by atoms with Gasteiger partial charge in [-0.1, -0.05) is 31.5 Å². The van der Waals surface area contributed by atoms with E-state index in [1.165, 1.54) is 11.1 Å². The zero-order valence-electron chi connectivity index (χ0n) is 11.1. The first kappa shape index (κ1) is 14.4. The van der Waals surface area contributed by atoms with Crippen molar-refractivity contribution >= 4 is 11.8 Å². The van der Waals surface area contributed by atoms with E-state index < -0.39 is 0 Å². The molecule has 2 nitrogen and oxygen atoms in total. The molecule has 0 aliphatic heterocycles. The van der Waals surface area contributed by atoms with Crippen LogP contribution in [0.2, 0.25) is 0 Å². The van der Waals surface area contributed by atoms with Crippen molar-refractivity contribution < 1.29 is 4.74 Å². The first-order chi connectivity index (χ1) is 8.27. The highest BCUT2D eigenvalue weighted by Gasteiger charge is 2.03. The second kappa shape index (κ2) is 8.43. The van der Waals surface area contributed by atoms with Crippen LogP contribution in [0.1, 0.15) is 25.0 Å². The van der Waals surface area contributed by atoms with Gasteiger partial charge in [0, 0.05) is 17.9 Å². The summed E-state index contributed by atoms with van der Waals surface area (Å²) in [6, 6.07) is 6.39. The van der Waals surface area contributed by atoms with Gasteiger partial charge in [-0.2, -0.15) is 11.8 Å². The zero-order valence-corrected chi connectivity index (χ0v) is 11.9. The van der Waals surface area contributed by atoms with E-state index in [1.807, 2.05) is 11.8 Å². The van der Waals surface area contributed by atoms with Crippen LogP contribution in [0.3, 0.4) is 0 Å². The Morgan fingerprint density at radius 2 is 2.12 bits per heavy atom. The molecular weight excluding hydrogens is 230 g/mol. The van der Waals surface area contributed by atoms with Crippen LogP contribution < -0.4 is 10.1 Å². The standard InChI is InChI=1S/C14H23NOS/c1-4-15-11-13-10-12(3)6-7-14(13)16-8-9-17-5-2/h6-7,10,15H,4-5,8-9,11H2,1-3H3. The van der Waals surface area contributed by atoms with Crippen LogP contribution in [-0.2, 0) is 6.54 Å². The average Bonchev–Trinajstić information content (AvgIpc) is 2.34. The minimum absolute atomic E-state index is 0.792. The van der Waals surface area contributed by atoms with E-state index in [1.54, 1.807) is 0 Å². The summed E-state index contributed by atoms with van der Waals surface area (Å²) in [4.78, 5) is 0. The summed E-state index contributed by atoms with van der Waals surface area (Å²) >= 11 is 1.91. The Hall–Kier alpha value is -0.670. The molecule has 96 valence electrons. The lowest BCUT2D eigenvalue weighted by Gasteiger charge is -2.12. The molecule has 0 amide bonds. The summed E-state index contributed by atoms with van der Waals surface area (Å²) in [5.41, 5.74) is 2.54. The molecule has 0 aliphatic rings. The van der Waals surface area contributed by atoms with E-state index in [4.69, 9.17) is 4.74 Å². The molecule has 17 heavy (non-hydrogen) atoms. The highest BCUT2D eigenvalue weighted by Crippen LogP contribution is 2.20. The molecule has 0 bridgehead atoms. The van der Waals surface area contributed by atoms with Crippen molar-refractivity contribution in [3.05, 3.63) is 29.3 Å². The third-order valence-corrected chi connectivity index (χ3v) is 3.33. The van der Waals surface area contributed by atoms with Gasteiger partial charge in [-0.25, -0.2) is 0 Å². The first-order valence-corrected chi connectivity index (χ1v) is 7.44. The lowest BCUT2D eigenvalue weighted by molar-refractivity contribution is 0.339. The monoisotopic (exact) mass is 253 g/mol. The van der Waals surface area contributed by atoms with Gasteiger partial charge in [0.25, 0.3) is 0 Å². The van der Waals surface area contributed by atoms with Gasteiger partial charge in [-0.3, -0.25) is 0 Å². The molecule has 1 aromatic rings. The average molecular weight is 253 g/mol. The number of aryl methyl sites for hydroxylation is 1. The van der Waals surface area contributed by atoms with Crippen molar-refractivity contribution in [1.29, 1.82) is 0 Å². The Labute approximate surface area is 109 Å². The fraction of sp³-hybridized carbons (Fsp3) is 0.571. The number of hydrogen-bond donors (Lipinski definition) is 1. The highest BCUT2D eigenvalue weighted by molar-refractivity contribution is 7.99. The molecule has 1 rings (SSSR count). The quantitative estimate of drug-likeness (QED) is 0.719. The molecule has 0 unspecified atom stereocenters. The summed E-state index contributed by atoms with van der Waals surface area (Å²) in [5, 5.41) is 3.35. The van der Waals surface area contributed by atoms with Gasteiger partial charge in [0.1, 0.15) is 5.75 Å². The lowest BCUT2D eigenvalue weighted by atomic mass is 10.1. The molecule has 1 N–H and O–H groups in total. The maximum Gasteiger partial charge on any atom is 0.123 e. The fourth-order valence-corrected chi connectivity index (χ4v) is 2.09. The van der Waals surface area contributed by atoms with E-state index in [9.17, 15) is 0 Å². The molecule has 0 saturated carbocycles. The van der Waals surface area contributed by atoms with Gasteiger partial charge in [0.05, 0.1) is 6.61 Å². The number of rotatable bonds is 8. The maximum absolute atomic E-state index is 5.83. The van der Waals surface area contributed by atoms with Gasteiger partial charge in [-0.05, 0) is 25.3 Å². The Bertz CT molecular complexity index is 328. The summed E-state index contributed by atoms with van der Waals surface area (Å²) < 4.78 is 5.83. The molecule has 0 fully saturated rings. The molecule has 0 heterocycles. The minimum atomic E-state index is 0.792. The number of benzene rings is 1. The molecule has 3 heteroatoms. The van der Waals surface area contributed by atoms with Crippen LogP contribution in [0.25, 0.3) is 0 Å². The molecule has 0 aliphatic carbocycles. The third-order valence-electron chi connectivity index (χ3n) is 2.47. The van der Waals surface area contributed by atoms with Crippen molar-refractivity contribution in [3.63, 3.8) is 0 Å². The predicted octanol–water partition coefficient (Wildman–Crippen LogP) is 3.24. The maximum atomic E-state index is 5.83. The number of ether oxygens (including phenoxy) is 1. The van der Waals surface area contributed by atoms with Crippen molar-refractivity contribution in [2.75, 3.05) is 24.7 Å². The molecule has 1 aromatic carbocycles. The number of nitrogens with one attached hydrogen (secondary N) is 1. The molecule has 0 spiro atoms. The van der Waals surface area contributed by atoms with Gasteiger partial charge < -0.3 is 10.1 Å². The summed E-state index contributed by atoms with van der Waals surface area (Å²) in [7, 11) is 0. The van der Waals surface area contributed by atoms with Gasteiger partial charge in [0.15, 0.2) is 0 Å². The molecule has 0 atom stereocenters. The Balaban J connectivity index is 2.55. The Kier molecular flexibility index (Phi) is 7.13. The third kappa shape index (κ3) is 5.46. The zero-order chi connectivity index (χ0) is 12.5.